The van der Waals surface area contributed by atoms with E-state index in [2.05, 4.69) is 40.9 Å². The third-order valence-corrected chi connectivity index (χ3v) is 3.93. The zero-order valence-corrected chi connectivity index (χ0v) is 14.0. The van der Waals surface area contributed by atoms with Crippen molar-refractivity contribution in [3.05, 3.63) is 102 Å². The molecule has 0 spiro atoms. The lowest BCUT2D eigenvalue weighted by Crippen LogP contribution is -2.23. The topological polar surface area (TPSA) is 3.24 Å². The van der Waals surface area contributed by atoms with Crippen LogP contribution in [0, 0.1) is 24.2 Å². The van der Waals surface area contributed by atoms with Crippen molar-refractivity contribution in [2.24, 2.45) is 0 Å². The maximum Gasteiger partial charge on any atom is 0.0801 e. The second-order valence-corrected chi connectivity index (χ2v) is 5.66. The quantitative estimate of drug-likeness (QED) is 0.628. The molecule has 0 bridgehead atoms. The average molecular weight is 321 g/mol. The average Bonchev–Trinajstić information content (AvgIpc) is 2.69. The summed E-state index contributed by atoms with van der Waals surface area (Å²) in [7, 11) is 0. The van der Waals surface area contributed by atoms with Crippen molar-refractivity contribution >= 4 is 5.69 Å². The summed E-state index contributed by atoms with van der Waals surface area (Å²) in [6.45, 7) is 1.37. The second kappa shape index (κ2) is 8.44. The first kappa shape index (κ1) is 16.4. The molecule has 1 heteroatoms. The van der Waals surface area contributed by atoms with E-state index >= 15 is 0 Å². The number of anilines is 1. The van der Waals surface area contributed by atoms with E-state index in [0.29, 0.717) is 6.54 Å². The summed E-state index contributed by atoms with van der Waals surface area (Å²) in [5.41, 5.74) is 4.23. The van der Waals surface area contributed by atoms with Crippen molar-refractivity contribution in [1.29, 1.82) is 0 Å². The van der Waals surface area contributed by atoms with Crippen LogP contribution in [0.15, 0.2) is 84.9 Å². The van der Waals surface area contributed by atoms with Crippen LogP contribution in [0.3, 0.4) is 0 Å². The van der Waals surface area contributed by atoms with Gasteiger partial charge in [-0.25, -0.2) is 0 Å². The van der Waals surface area contributed by atoms with Gasteiger partial charge in [-0.3, -0.25) is 0 Å². The molecule has 0 aliphatic heterocycles. The summed E-state index contributed by atoms with van der Waals surface area (Å²) < 4.78 is 0. The van der Waals surface area contributed by atoms with Crippen LogP contribution in [0.2, 0.25) is 0 Å². The van der Waals surface area contributed by atoms with Crippen molar-refractivity contribution in [2.45, 2.75) is 6.54 Å². The Morgan fingerprint density at radius 1 is 0.760 bits per heavy atom. The molecule has 0 saturated carbocycles. The third-order valence-electron chi connectivity index (χ3n) is 3.93. The summed E-state index contributed by atoms with van der Waals surface area (Å²) in [5, 5.41) is 0. The first-order valence-corrected chi connectivity index (χ1v) is 8.25. The molecule has 0 heterocycles. The van der Waals surface area contributed by atoms with Gasteiger partial charge in [0.25, 0.3) is 0 Å². The number of nitrogens with zero attached hydrogens (tertiary/aromatic N) is 1. The Labute approximate surface area is 149 Å². The van der Waals surface area contributed by atoms with Crippen molar-refractivity contribution in [1.82, 2.24) is 0 Å². The van der Waals surface area contributed by atoms with Crippen LogP contribution in [0.4, 0.5) is 5.69 Å². The molecule has 0 radical (unpaired) electrons. The van der Waals surface area contributed by atoms with Gasteiger partial charge in [-0.05, 0) is 35.9 Å². The molecule has 3 aromatic rings. The molecule has 1 nitrogen and oxygen atoms in total. The number of benzene rings is 3. The van der Waals surface area contributed by atoms with Gasteiger partial charge in [0.2, 0.25) is 0 Å². The van der Waals surface area contributed by atoms with E-state index in [-0.39, 0.29) is 0 Å². The minimum absolute atomic E-state index is 0.637. The van der Waals surface area contributed by atoms with Crippen molar-refractivity contribution in [3.8, 4) is 24.2 Å². The standard InChI is InChI=1S/C24H19N/c1-2-22-15-9-10-16-23(22)20-25(24-17-7-4-8-18-24)19-11-14-21-12-5-3-6-13-21/h1,3-10,12-13,15-18H,19-20H2. The Bertz CT molecular complexity index is 909. The SMILES string of the molecule is C#Cc1ccccc1CN(CC#Cc1ccccc1)c1ccccc1. The Hall–Kier alpha value is -3.42. The number of terminal acetylenes is 1. The van der Waals surface area contributed by atoms with Crippen molar-refractivity contribution < 1.29 is 0 Å². The Morgan fingerprint density at radius 2 is 1.40 bits per heavy atom. The van der Waals surface area contributed by atoms with E-state index in [1.54, 1.807) is 0 Å². The molecule has 0 saturated heterocycles. The monoisotopic (exact) mass is 321 g/mol. The first-order valence-electron chi connectivity index (χ1n) is 8.25. The molecular weight excluding hydrogens is 302 g/mol. The van der Waals surface area contributed by atoms with Crippen molar-refractivity contribution in [2.75, 3.05) is 11.4 Å². The molecule has 0 atom stereocenters. The molecule has 0 N–H and O–H groups in total. The predicted octanol–water partition coefficient (Wildman–Crippen LogP) is 4.73. The number of hydrogen-bond donors (Lipinski definition) is 0. The lowest BCUT2D eigenvalue weighted by atomic mass is 10.1. The van der Waals surface area contributed by atoms with Crippen LogP contribution >= 0.6 is 0 Å². The van der Waals surface area contributed by atoms with Gasteiger partial charge in [-0.2, -0.15) is 0 Å². The molecule has 0 amide bonds. The second-order valence-electron chi connectivity index (χ2n) is 5.66. The van der Waals surface area contributed by atoms with E-state index in [4.69, 9.17) is 6.42 Å². The molecular formula is C24H19N. The third kappa shape index (κ3) is 4.54. The molecule has 0 aliphatic rings. The summed E-state index contributed by atoms with van der Waals surface area (Å²) in [6, 6.07) is 28.4. The first-order chi connectivity index (χ1) is 12.4. The summed E-state index contributed by atoms with van der Waals surface area (Å²) >= 11 is 0. The van der Waals surface area contributed by atoms with Crippen LogP contribution in [0.5, 0.6) is 0 Å². The van der Waals surface area contributed by atoms with Gasteiger partial charge in [0, 0.05) is 23.4 Å². The fourth-order valence-electron chi connectivity index (χ4n) is 2.64. The lowest BCUT2D eigenvalue weighted by Gasteiger charge is -2.23. The van der Waals surface area contributed by atoms with Crippen LogP contribution in [-0.4, -0.2) is 6.54 Å². The highest BCUT2D eigenvalue weighted by Crippen LogP contribution is 2.18. The Morgan fingerprint density at radius 3 is 2.12 bits per heavy atom. The highest BCUT2D eigenvalue weighted by Gasteiger charge is 2.08. The van der Waals surface area contributed by atoms with Crippen molar-refractivity contribution in [3.63, 3.8) is 0 Å². The predicted molar refractivity (Wildman–Crippen MR) is 105 cm³/mol. The van der Waals surface area contributed by atoms with Crippen LogP contribution in [-0.2, 0) is 6.54 Å². The van der Waals surface area contributed by atoms with E-state index in [1.807, 2.05) is 66.7 Å². The van der Waals surface area contributed by atoms with Gasteiger partial charge < -0.3 is 4.90 Å². The molecule has 0 aliphatic carbocycles. The highest BCUT2D eigenvalue weighted by atomic mass is 15.1. The molecule has 0 unspecified atom stereocenters. The maximum atomic E-state index is 5.64. The van der Waals surface area contributed by atoms with Gasteiger partial charge in [0.15, 0.2) is 0 Å². The zero-order chi connectivity index (χ0) is 17.3. The smallest absolute Gasteiger partial charge is 0.0801 e. The molecule has 120 valence electrons. The van der Waals surface area contributed by atoms with Crippen LogP contribution in [0.1, 0.15) is 16.7 Å². The van der Waals surface area contributed by atoms with E-state index < -0.39 is 0 Å². The molecule has 0 fully saturated rings. The highest BCUT2D eigenvalue weighted by molar-refractivity contribution is 5.50. The van der Waals surface area contributed by atoms with Crippen LogP contribution < -0.4 is 4.90 Å². The van der Waals surface area contributed by atoms with E-state index in [1.165, 1.54) is 0 Å². The normalized spacial score (nSPS) is 9.56. The Kier molecular flexibility index (Phi) is 5.55. The Balaban J connectivity index is 1.84. The van der Waals surface area contributed by atoms with Gasteiger partial charge >= 0.3 is 0 Å². The number of hydrogen-bond acceptors (Lipinski definition) is 1. The number of rotatable bonds is 4. The van der Waals surface area contributed by atoms with Crippen LogP contribution in [0.25, 0.3) is 0 Å². The van der Waals surface area contributed by atoms with Gasteiger partial charge in [0.1, 0.15) is 0 Å². The largest absolute Gasteiger partial charge is 0.356 e. The summed E-state index contributed by atoms with van der Waals surface area (Å²) in [4.78, 5) is 2.24. The lowest BCUT2D eigenvalue weighted by molar-refractivity contribution is 0.875. The summed E-state index contributed by atoms with van der Waals surface area (Å²) in [5.74, 6) is 9.28. The van der Waals surface area contributed by atoms with Gasteiger partial charge in [-0.1, -0.05) is 72.4 Å². The maximum absolute atomic E-state index is 5.64. The fraction of sp³-hybridized carbons (Fsp3) is 0.0833. The number of para-hydroxylation sites is 1. The minimum atomic E-state index is 0.637. The molecule has 3 aromatic carbocycles. The van der Waals surface area contributed by atoms with E-state index in [0.717, 1.165) is 28.9 Å². The minimum Gasteiger partial charge on any atom is -0.356 e. The van der Waals surface area contributed by atoms with E-state index in [9.17, 15) is 0 Å². The zero-order valence-electron chi connectivity index (χ0n) is 14.0. The molecule has 0 aromatic heterocycles. The fourth-order valence-corrected chi connectivity index (χ4v) is 2.64. The molecule has 3 rings (SSSR count). The van der Waals surface area contributed by atoms with Gasteiger partial charge in [-0.15, -0.1) is 6.42 Å². The summed E-state index contributed by atoms with van der Waals surface area (Å²) in [6.07, 6.45) is 5.64. The van der Waals surface area contributed by atoms with Gasteiger partial charge in [0.05, 0.1) is 6.54 Å². The molecule has 25 heavy (non-hydrogen) atoms.